The van der Waals surface area contributed by atoms with Crippen LogP contribution < -0.4 is 10.1 Å². The van der Waals surface area contributed by atoms with E-state index in [9.17, 15) is 35.9 Å². The number of anilines is 1. The molecule has 1 N–H and O–H groups in total. The van der Waals surface area contributed by atoms with Crippen LogP contribution in [0, 0.1) is 0 Å². The minimum absolute atomic E-state index is 0.0517. The van der Waals surface area contributed by atoms with Crippen molar-refractivity contribution in [1.82, 2.24) is 0 Å². The van der Waals surface area contributed by atoms with Crippen molar-refractivity contribution in [2.45, 2.75) is 19.0 Å². The molecule has 3 aromatic rings. The van der Waals surface area contributed by atoms with Crippen LogP contribution in [-0.2, 0) is 23.7 Å². The Kier molecular flexibility index (Phi) is 7.37. The van der Waals surface area contributed by atoms with Gasteiger partial charge in [0.15, 0.2) is 0 Å². The quantitative estimate of drug-likeness (QED) is 0.319. The first-order valence-electron chi connectivity index (χ1n) is 9.88. The van der Waals surface area contributed by atoms with E-state index in [0.717, 1.165) is 18.7 Å². The number of hydrogen-bond donors (Lipinski definition) is 1. The van der Waals surface area contributed by atoms with Gasteiger partial charge in [0.05, 0.1) is 18.2 Å². The van der Waals surface area contributed by atoms with E-state index < -0.39 is 41.0 Å². The van der Waals surface area contributed by atoms with Crippen LogP contribution in [0.5, 0.6) is 5.75 Å². The van der Waals surface area contributed by atoms with Crippen LogP contribution in [0.2, 0.25) is 0 Å². The lowest BCUT2D eigenvalue weighted by Gasteiger charge is -2.15. The molecule has 0 aliphatic carbocycles. The second kappa shape index (κ2) is 10.1. The predicted molar refractivity (Wildman–Crippen MR) is 113 cm³/mol. The van der Waals surface area contributed by atoms with Crippen LogP contribution in [0.3, 0.4) is 0 Å². The summed E-state index contributed by atoms with van der Waals surface area (Å²) in [7, 11) is 1.09. The van der Waals surface area contributed by atoms with E-state index in [4.69, 9.17) is 4.74 Å². The van der Waals surface area contributed by atoms with E-state index in [0.29, 0.717) is 12.1 Å². The zero-order valence-corrected chi connectivity index (χ0v) is 18.0. The molecule has 0 atom stereocenters. The minimum Gasteiger partial charge on any atom is -0.488 e. The number of alkyl halides is 6. The number of amides is 1. The number of ether oxygens (including phenoxy) is 2. The van der Waals surface area contributed by atoms with Crippen LogP contribution in [0.4, 0.5) is 32.0 Å². The molecule has 0 saturated heterocycles. The van der Waals surface area contributed by atoms with Gasteiger partial charge in [-0.2, -0.15) is 26.3 Å². The van der Waals surface area contributed by atoms with Gasteiger partial charge in [0, 0.05) is 11.3 Å². The number of rotatable bonds is 6. The molecule has 0 saturated carbocycles. The summed E-state index contributed by atoms with van der Waals surface area (Å²) in [6.45, 7) is 0.0842. The minimum atomic E-state index is -5.07. The summed E-state index contributed by atoms with van der Waals surface area (Å²) in [6.07, 6.45) is -10.1. The van der Waals surface area contributed by atoms with Crippen molar-refractivity contribution in [2.75, 3.05) is 12.4 Å². The van der Waals surface area contributed by atoms with Crippen LogP contribution in [0.1, 0.15) is 37.4 Å². The molecule has 0 aliphatic heterocycles. The smallest absolute Gasteiger partial charge is 0.416 e. The van der Waals surface area contributed by atoms with Gasteiger partial charge in [0.2, 0.25) is 0 Å². The predicted octanol–water partition coefficient (Wildman–Crippen LogP) is 6.34. The Labute approximate surface area is 195 Å². The second-order valence-electron chi connectivity index (χ2n) is 7.23. The molecule has 0 spiro atoms. The van der Waals surface area contributed by atoms with E-state index in [1.165, 1.54) is 12.1 Å². The zero-order chi connectivity index (χ0) is 25.8. The molecule has 0 aromatic heterocycles. The molecular weight excluding hydrogens is 480 g/mol. The topological polar surface area (TPSA) is 64.6 Å². The Balaban J connectivity index is 1.89. The Morgan fingerprint density at radius 1 is 0.829 bits per heavy atom. The second-order valence-corrected chi connectivity index (χ2v) is 7.23. The summed E-state index contributed by atoms with van der Waals surface area (Å²) in [5.41, 5.74) is -3.47. The third-order valence-electron chi connectivity index (χ3n) is 4.73. The summed E-state index contributed by atoms with van der Waals surface area (Å²) in [6, 6.07) is 13.2. The molecular formula is C24H17F6NO4. The number of benzene rings is 3. The van der Waals surface area contributed by atoms with Crippen molar-refractivity contribution >= 4 is 17.6 Å². The lowest BCUT2D eigenvalue weighted by Crippen LogP contribution is -2.16. The van der Waals surface area contributed by atoms with Gasteiger partial charge < -0.3 is 14.8 Å². The van der Waals surface area contributed by atoms with Gasteiger partial charge in [-0.1, -0.05) is 30.3 Å². The first-order valence-corrected chi connectivity index (χ1v) is 9.88. The molecule has 5 nitrogen and oxygen atoms in total. The molecule has 3 aromatic carbocycles. The van der Waals surface area contributed by atoms with Gasteiger partial charge in [-0.15, -0.1) is 0 Å². The van der Waals surface area contributed by atoms with Crippen molar-refractivity contribution in [3.8, 4) is 5.75 Å². The highest BCUT2D eigenvalue weighted by atomic mass is 19.4. The van der Waals surface area contributed by atoms with Crippen molar-refractivity contribution in [1.29, 1.82) is 0 Å². The average Bonchev–Trinajstić information content (AvgIpc) is 2.81. The Morgan fingerprint density at radius 3 is 1.97 bits per heavy atom. The number of carbonyl (C=O) groups is 2. The van der Waals surface area contributed by atoms with E-state index in [2.05, 4.69) is 4.74 Å². The Bertz CT molecular complexity index is 1190. The fourth-order valence-electron chi connectivity index (χ4n) is 3.03. The van der Waals surface area contributed by atoms with Crippen LogP contribution in [-0.4, -0.2) is 19.0 Å². The SMILES string of the molecule is COC(=O)c1cc(C(=O)Nc2cc(C(F)(F)F)cc(C(F)(F)F)c2)ccc1OCc1ccccc1. The van der Waals surface area contributed by atoms with E-state index >= 15 is 0 Å². The lowest BCUT2D eigenvalue weighted by atomic mass is 10.1. The Hall–Kier alpha value is -4.02. The van der Waals surface area contributed by atoms with Crippen LogP contribution in [0.25, 0.3) is 0 Å². The standard InChI is InChI=1S/C24H17F6NO4/c1-34-22(33)19-9-15(7-8-20(19)35-13-14-5-3-2-4-6-14)21(32)31-18-11-16(23(25,26)27)10-17(12-18)24(28,29)30/h2-12H,13H2,1H3,(H,31,32). The van der Waals surface area contributed by atoms with Gasteiger partial charge in [0.1, 0.15) is 17.9 Å². The zero-order valence-electron chi connectivity index (χ0n) is 18.0. The summed E-state index contributed by atoms with van der Waals surface area (Å²) in [4.78, 5) is 24.8. The molecule has 3 rings (SSSR count). The van der Waals surface area contributed by atoms with E-state index in [-0.39, 0.29) is 29.5 Å². The first kappa shape index (κ1) is 25.6. The van der Waals surface area contributed by atoms with Crippen molar-refractivity contribution in [2.24, 2.45) is 0 Å². The maximum absolute atomic E-state index is 13.1. The summed E-state index contributed by atoms with van der Waals surface area (Å²) >= 11 is 0. The van der Waals surface area contributed by atoms with Crippen molar-refractivity contribution in [3.05, 3.63) is 94.5 Å². The fraction of sp³-hybridized carbons (Fsp3) is 0.167. The molecule has 35 heavy (non-hydrogen) atoms. The monoisotopic (exact) mass is 497 g/mol. The number of carbonyl (C=O) groups excluding carboxylic acids is 2. The average molecular weight is 497 g/mol. The molecule has 0 aliphatic rings. The normalized spacial score (nSPS) is 11.6. The van der Waals surface area contributed by atoms with Crippen molar-refractivity contribution < 1.29 is 45.4 Å². The summed E-state index contributed by atoms with van der Waals surface area (Å²) in [5.74, 6) is -1.84. The highest BCUT2D eigenvalue weighted by Gasteiger charge is 2.37. The van der Waals surface area contributed by atoms with Gasteiger partial charge in [-0.05, 0) is 42.0 Å². The van der Waals surface area contributed by atoms with Gasteiger partial charge >= 0.3 is 18.3 Å². The molecule has 0 heterocycles. The Morgan fingerprint density at radius 2 is 1.43 bits per heavy atom. The lowest BCUT2D eigenvalue weighted by molar-refractivity contribution is -0.143. The summed E-state index contributed by atoms with van der Waals surface area (Å²) < 4.78 is 88.7. The molecule has 0 radical (unpaired) electrons. The fourth-order valence-corrected chi connectivity index (χ4v) is 3.03. The van der Waals surface area contributed by atoms with Crippen molar-refractivity contribution in [3.63, 3.8) is 0 Å². The number of halogens is 6. The highest BCUT2D eigenvalue weighted by Crippen LogP contribution is 2.37. The first-order chi connectivity index (χ1) is 16.4. The molecule has 184 valence electrons. The number of hydrogen-bond acceptors (Lipinski definition) is 4. The molecule has 0 bridgehead atoms. The maximum Gasteiger partial charge on any atom is 0.416 e. The molecule has 1 amide bonds. The third-order valence-corrected chi connectivity index (χ3v) is 4.73. The van der Waals surface area contributed by atoms with E-state index in [1.54, 1.807) is 30.3 Å². The highest BCUT2D eigenvalue weighted by molar-refractivity contribution is 6.06. The van der Waals surface area contributed by atoms with Gasteiger partial charge in [-0.25, -0.2) is 4.79 Å². The summed E-state index contributed by atoms with van der Waals surface area (Å²) in [5, 5.41) is 2.01. The maximum atomic E-state index is 13.1. The molecule has 0 fully saturated rings. The van der Waals surface area contributed by atoms with Gasteiger partial charge in [0.25, 0.3) is 5.91 Å². The largest absolute Gasteiger partial charge is 0.488 e. The number of nitrogens with one attached hydrogen (secondary N) is 1. The number of esters is 1. The third kappa shape index (κ3) is 6.52. The van der Waals surface area contributed by atoms with Gasteiger partial charge in [-0.3, -0.25) is 4.79 Å². The molecule has 0 unspecified atom stereocenters. The van der Waals surface area contributed by atoms with E-state index in [1.807, 2.05) is 5.32 Å². The molecule has 11 heteroatoms. The van der Waals surface area contributed by atoms with Crippen LogP contribution in [0.15, 0.2) is 66.7 Å². The number of methoxy groups -OCH3 is 1. The van der Waals surface area contributed by atoms with Crippen LogP contribution >= 0.6 is 0 Å².